The van der Waals surface area contributed by atoms with E-state index in [1.807, 2.05) is 0 Å². The van der Waals surface area contributed by atoms with Gasteiger partial charge in [0.2, 0.25) is 6.10 Å². The van der Waals surface area contributed by atoms with Crippen molar-refractivity contribution in [1.29, 1.82) is 0 Å². The molecule has 0 heterocycles. The number of halogens is 5. The first-order valence-electron chi connectivity index (χ1n) is 3.91. The molecule has 2 nitrogen and oxygen atoms in total. The van der Waals surface area contributed by atoms with Crippen LogP contribution in [0.1, 0.15) is 20.3 Å². The molecule has 1 N–H and O–H groups in total. The van der Waals surface area contributed by atoms with Gasteiger partial charge in [-0.2, -0.15) is 22.0 Å². The standard InChI is InChI=1S/C7H11F5O2/c1-3-4(2)14-7(11,12)5(13)6(8,9)10/h4-5,13H,3H2,1-2H3. The first-order chi connectivity index (χ1) is 6.11. The van der Waals surface area contributed by atoms with Gasteiger partial charge in [0.15, 0.2) is 0 Å². The smallest absolute Gasteiger partial charge is 0.377 e. The summed E-state index contributed by atoms with van der Waals surface area (Å²) in [6.07, 6.45) is -14.7. The second kappa shape index (κ2) is 4.39. The molecule has 0 saturated carbocycles. The molecule has 0 aromatic carbocycles. The summed E-state index contributed by atoms with van der Waals surface area (Å²) in [5, 5.41) is 8.26. The number of hydrogen-bond donors (Lipinski definition) is 1. The van der Waals surface area contributed by atoms with Gasteiger partial charge in [0.25, 0.3) is 0 Å². The molecule has 0 aliphatic carbocycles. The van der Waals surface area contributed by atoms with Crippen molar-refractivity contribution in [1.82, 2.24) is 0 Å². The Balaban J connectivity index is 4.45. The van der Waals surface area contributed by atoms with Crippen LogP contribution in [0.4, 0.5) is 22.0 Å². The Bertz CT molecular complexity index is 179. The lowest BCUT2D eigenvalue weighted by Gasteiger charge is -2.26. The molecule has 7 heteroatoms. The lowest BCUT2D eigenvalue weighted by molar-refractivity contribution is -0.363. The predicted molar refractivity (Wildman–Crippen MR) is 37.8 cm³/mol. The van der Waals surface area contributed by atoms with Gasteiger partial charge in [-0.1, -0.05) is 6.92 Å². The molecule has 0 saturated heterocycles. The first-order valence-corrected chi connectivity index (χ1v) is 3.91. The Kier molecular flexibility index (Phi) is 4.26. The van der Waals surface area contributed by atoms with Gasteiger partial charge in [-0.25, -0.2) is 0 Å². The van der Waals surface area contributed by atoms with E-state index in [0.717, 1.165) is 0 Å². The molecule has 2 atom stereocenters. The van der Waals surface area contributed by atoms with E-state index in [0.29, 0.717) is 0 Å². The van der Waals surface area contributed by atoms with E-state index >= 15 is 0 Å². The van der Waals surface area contributed by atoms with Crippen LogP contribution in [0.5, 0.6) is 0 Å². The maximum atomic E-state index is 12.6. The number of aliphatic hydroxyl groups excluding tert-OH is 1. The van der Waals surface area contributed by atoms with Crippen LogP contribution < -0.4 is 0 Å². The fraction of sp³-hybridized carbons (Fsp3) is 1.00. The van der Waals surface area contributed by atoms with Crippen LogP contribution in [0.25, 0.3) is 0 Å². The Hall–Kier alpha value is -0.430. The van der Waals surface area contributed by atoms with Crippen molar-refractivity contribution in [3.8, 4) is 0 Å². The van der Waals surface area contributed by atoms with Crippen molar-refractivity contribution in [3.63, 3.8) is 0 Å². The minimum atomic E-state index is -5.39. The molecule has 0 aromatic rings. The largest absolute Gasteiger partial charge is 0.423 e. The SMILES string of the molecule is CCC(C)OC(F)(F)C(O)C(F)(F)F. The first kappa shape index (κ1) is 13.6. The summed E-state index contributed by atoms with van der Waals surface area (Å²) >= 11 is 0. The van der Waals surface area contributed by atoms with E-state index in [1.165, 1.54) is 13.8 Å². The molecule has 0 bridgehead atoms. The van der Waals surface area contributed by atoms with E-state index < -0.39 is 24.5 Å². The normalized spacial score (nSPS) is 18.0. The zero-order valence-corrected chi connectivity index (χ0v) is 7.61. The summed E-state index contributed by atoms with van der Waals surface area (Å²) in [5.74, 6) is 0. The summed E-state index contributed by atoms with van der Waals surface area (Å²) < 4.78 is 64.0. The number of ether oxygens (including phenoxy) is 1. The highest BCUT2D eigenvalue weighted by atomic mass is 19.4. The quantitative estimate of drug-likeness (QED) is 0.739. The summed E-state index contributed by atoms with van der Waals surface area (Å²) in [5.41, 5.74) is 0. The summed E-state index contributed by atoms with van der Waals surface area (Å²) in [7, 11) is 0. The van der Waals surface area contributed by atoms with Gasteiger partial charge in [0, 0.05) is 0 Å². The van der Waals surface area contributed by atoms with Crippen molar-refractivity contribution in [3.05, 3.63) is 0 Å². The molecular weight excluding hydrogens is 211 g/mol. The minimum Gasteiger partial charge on any atom is -0.377 e. The highest BCUT2D eigenvalue weighted by Crippen LogP contribution is 2.33. The average Bonchev–Trinajstić information content (AvgIpc) is 2.00. The second-order valence-electron chi connectivity index (χ2n) is 2.84. The van der Waals surface area contributed by atoms with Crippen molar-refractivity contribution < 1.29 is 31.8 Å². The van der Waals surface area contributed by atoms with Gasteiger partial charge in [-0.05, 0) is 13.3 Å². The Morgan fingerprint density at radius 3 is 1.93 bits per heavy atom. The molecular formula is C7H11F5O2. The topological polar surface area (TPSA) is 29.5 Å². The van der Waals surface area contributed by atoms with Gasteiger partial charge < -0.3 is 9.84 Å². The van der Waals surface area contributed by atoms with Gasteiger partial charge >= 0.3 is 12.3 Å². The van der Waals surface area contributed by atoms with Crippen LogP contribution in [0, 0.1) is 0 Å². The fourth-order valence-electron chi connectivity index (χ4n) is 0.607. The molecule has 0 spiro atoms. The molecule has 0 aliphatic rings. The number of rotatable bonds is 4. The van der Waals surface area contributed by atoms with Crippen LogP contribution in [-0.4, -0.2) is 29.6 Å². The zero-order chi connectivity index (χ0) is 11.6. The Labute approximate surface area is 77.7 Å². The molecule has 0 rings (SSSR count). The van der Waals surface area contributed by atoms with E-state index in [2.05, 4.69) is 4.74 Å². The van der Waals surface area contributed by atoms with Crippen molar-refractivity contribution >= 4 is 0 Å². The van der Waals surface area contributed by atoms with Crippen LogP contribution in [0.15, 0.2) is 0 Å². The van der Waals surface area contributed by atoms with Crippen molar-refractivity contribution in [2.24, 2.45) is 0 Å². The molecule has 86 valence electrons. The van der Waals surface area contributed by atoms with Crippen molar-refractivity contribution in [2.75, 3.05) is 0 Å². The third kappa shape index (κ3) is 3.75. The molecule has 0 aliphatic heterocycles. The molecule has 2 unspecified atom stereocenters. The molecule has 0 fully saturated rings. The van der Waals surface area contributed by atoms with Gasteiger partial charge in [-0.15, -0.1) is 0 Å². The lowest BCUT2D eigenvalue weighted by atomic mass is 10.3. The third-order valence-electron chi connectivity index (χ3n) is 1.56. The number of hydrogen-bond acceptors (Lipinski definition) is 2. The van der Waals surface area contributed by atoms with E-state index in [9.17, 15) is 22.0 Å². The number of aliphatic hydroxyl groups is 1. The van der Waals surface area contributed by atoms with Crippen LogP contribution in [-0.2, 0) is 4.74 Å². The zero-order valence-electron chi connectivity index (χ0n) is 7.61. The van der Waals surface area contributed by atoms with Gasteiger partial charge in [0.05, 0.1) is 6.10 Å². The van der Waals surface area contributed by atoms with Gasteiger partial charge in [-0.3, -0.25) is 0 Å². The Morgan fingerprint density at radius 1 is 1.21 bits per heavy atom. The lowest BCUT2D eigenvalue weighted by Crippen LogP contribution is -2.47. The monoisotopic (exact) mass is 222 g/mol. The summed E-state index contributed by atoms with van der Waals surface area (Å²) in [6, 6.07) is 0. The third-order valence-corrected chi connectivity index (χ3v) is 1.56. The average molecular weight is 222 g/mol. The van der Waals surface area contributed by atoms with Crippen LogP contribution in [0.2, 0.25) is 0 Å². The predicted octanol–water partition coefficient (Wildman–Crippen LogP) is 2.32. The number of alkyl halides is 5. The van der Waals surface area contributed by atoms with E-state index in [1.54, 1.807) is 0 Å². The summed E-state index contributed by atoms with van der Waals surface area (Å²) in [6.45, 7) is 2.66. The second-order valence-corrected chi connectivity index (χ2v) is 2.84. The molecule has 14 heavy (non-hydrogen) atoms. The van der Waals surface area contributed by atoms with E-state index in [4.69, 9.17) is 5.11 Å². The Morgan fingerprint density at radius 2 is 1.64 bits per heavy atom. The van der Waals surface area contributed by atoms with Crippen molar-refractivity contribution in [2.45, 2.75) is 44.8 Å². The van der Waals surface area contributed by atoms with Crippen LogP contribution >= 0.6 is 0 Å². The maximum absolute atomic E-state index is 12.6. The molecule has 0 amide bonds. The highest BCUT2D eigenvalue weighted by molar-refractivity contribution is 4.75. The maximum Gasteiger partial charge on any atom is 0.423 e. The minimum absolute atomic E-state index is 0.125. The molecule has 0 aromatic heterocycles. The fourth-order valence-corrected chi connectivity index (χ4v) is 0.607. The summed E-state index contributed by atoms with van der Waals surface area (Å²) in [4.78, 5) is 0. The van der Waals surface area contributed by atoms with E-state index in [-0.39, 0.29) is 6.42 Å². The van der Waals surface area contributed by atoms with Gasteiger partial charge in [0.1, 0.15) is 0 Å². The highest BCUT2D eigenvalue weighted by Gasteiger charge is 2.56. The molecule has 0 radical (unpaired) electrons. The van der Waals surface area contributed by atoms with Crippen LogP contribution in [0.3, 0.4) is 0 Å².